The van der Waals surface area contributed by atoms with Crippen molar-refractivity contribution in [2.45, 2.75) is 38.8 Å². The molecule has 1 aliphatic carbocycles. The molecule has 1 aliphatic heterocycles. The lowest BCUT2D eigenvalue weighted by Gasteiger charge is -2.45. The molecule has 2 aliphatic rings. The lowest BCUT2D eigenvalue weighted by atomic mass is 9.73. The Bertz CT molecular complexity index is 497. The van der Waals surface area contributed by atoms with Crippen LogP contribution in [0.3, 0.4) is 0 Å². The van der Waals surface area contributed by atoms with Gasteiger partial charge in [-0.25, -0.2) is 0 Å². The first-order chi connectivity index (χ1) is 9.16. The zero-order chi connectivity index (χ0) is 13.4. The van der Waals surface area contributed by atoms with Crippen LogP contribution >= 0.6 is 0 Å². The standard InChI is InChI=1S/C16H19NO2/c1-11-14-9-13(7-8-15(14)18)17(16(11)19)10-12-5-3-2-4-6-12/h2-6,11,13-14H,7-10H2,1H3/t11-,13?,14?/m0/s1. The molecule has 1 aromatic rings. The number of hydrogen-bond acceptors (Lipinski definition) is 2. The number of Topliss-reactive ketones (excluding diaryl/α,β-unsaturated/α-hetero) is 1. The van der Waals surface area contributed by atoms with Gasteiger partial charge in [0.25, 0.3) is 0 Å². The van der Waals surface area contributed by atoms with Gasteiger partial charge in [-0.3, -0.25) is 9.59 Å². The minimum atomic E-state index is -0.146. The number of benzene rings is 1. The molecule has 2 bridgehead atoms. The van der Waals surface area contributed by atoms with E-state index in [1.165, 1.54) is 5.56 Å². The predicted octanol–water partition coefficient (Wildman–Crippen LogP) is 2.40. The number of fused-ring (bicyclic) bond motifs is 2. The molecule has 3 rings (SSSR count). The SMILES string of the molecule is C[C@@H]1C(=O)N(Cc2ccccc2)C2CCC(=O)C1C2. The molecule has 3 nitrogen and oxygen atoms in total. The maximum absolute atomic E-state index is 12.5. The molecule has 0 radical (unpaired) electrons. The Kier molecular flexibility index (Phi) is 3.13. The van der Waals surface area contributed by atoms with Gasteiger partial charge in [-0.2, -0.15) is 0 Å². The van der Waals surface area contributed by atoms with Crippen LogP contribution in [0.2, 0.25) is 0 Å². The first-order valence-electron chi connectivity index (χ1n) is 7.04. The number of piperidine rings is 1. The Morgan fingerprint density at radius 3 is 2.68 bits per heavy atom. The van der Waals surface area contributed by atoms with Crippen molar-refractivity contribution in [3.05, 3.63) is 35.9 Å². The molecule has 19 heavy (non-hydrogen) atoms. The molecule has 1 saturated carbocycles. The summed E-state index contributed by atoms with van der Waals surface area (Å²) in [6, 6.07) is 10.3. The van der Waals surface area contributed by atoms with E-state index in [-0.39, 0.29) is 29.6 Å². The maximum Gasteiger partial charge on any atom is 0.226 e. The van der Waals surface area contributed by atoms with Crippen molar-refractivity contribution in [1.82, 2.24) is 4.90 Å². The third-order valence-electron chi connectivity index (χ3n) is 4.58. The van der Waals surface area contributed by atoms with Crippen LogP contribution in [0, 0.1) is 11.8 Å². The molecule has 0 aromatic heterocycles. The van der Waals surface area contributed by atoms with Crippen molar-refractivity contribution in [1.29, 1.82) is 0 Å². The number of carbonyl (C=O) groups is 2. The minimum absolute atomic E-state index is 0.0294. The monoisotopic (exact) mass is 257 g/mol. The Balaban J connectivity index is 1.82. The second-order valence-corrected chi connectivity index (χ2v) is 5.74. The van der Waals surface area contributed by atoms with Gasteiger partial charge in [0.2, 0.25) is 5.91 Å². The first-order valence-corrected chi connectivity index (χ1v) is 7.04. The van der Waals surface area contributed by atoms with Crippen LogP contribution in [0.15, 0.2) is 30.3 Å². The van der Waals surface area contributed by atoms with E-state index >= 15 is 0 Å². The van der Waals surface area contributed by atoms with Crippen LogP contribution in [0.5, 0.6) is 0 Å². The van der Waals surface area contributed by atoms with E-state index in [0.29, 0.717) is 13.0 Å². The molecule has 1 aromatic carbocycles. The Morgan fingerprint density at radius 2 is 1.95 bits per heavy atom. The van der Waals surface area contributed by atoms with E-state index in [1.807, 2.05) is 30.0 Å². The summed E-state index contributed by atoms with van der Waals surface area (Å²) >= 11 is 0. The molecule has 1 heterocycles. The van der Waals surface area contributed by atoms with E-state index < -0.39 is 0 Å². The fraction of sp³-hybridized carbons (Fsp3) is 0.500. The molecule has 3 heteroatoms. The molecule has 1 saturated heterocycles. The summed E-state index contributed by atoms with van der Waals surface area (Å²) in [5.74, 6) is 0.264. The summed E-state index contributed by atoms with van der Waals surface area (Å²) in [5, 5.41) is 0. The summed E-state index contributed by atoms with van der Waals surface area (Å²) in [7, 11) is 0. The van der Waals surface area contributed by atoms with Gasteiger partial charge in [-0.1, -0.05) is 37.3 Å². The van der Waals surface area contributed by atoms with Crippen LogP contribution < -0.4 is 0 Å². The number of hydrogen-bond donors (Lipinski definition) is 0. The highest BCUT2D eigenvalue weighted by atomic mass is 16.2. The van der Waals surface area contributed by atoms with Crippen molar-refractivity contribution in [2.75, 3.05) is 0 Å². The number of rotatable bonds is 2. The molecule has 100 valence electrons. The number of amides is 1. The third kappa shape index (κ3) is 2.18. The second kappa shape index (κ2) is 4.80. The molecular formula is C16H19NO2. The summed E-state index contributed by atoms with van der Waals surface area (Å²) < 4.78 is 0. The highest BCUT2D eigenvalue weighted by Crippen LogP contribution is 2.37. The van der Waals surface area contributed by atoms with Gasteiger partial charge in [0.15, 0.2) is 0 Å². The lowest BCUT2D eigenvalue weighted by molar-refractivity contribution is -0.153. The van der Waals surface area contributed by atoms with E-state index in [1.54, 1.807) is 0 Å². The highest BCUT2D eigenvalue weighted by molar-refractivity contribution is 5.91. The zero-order valence-corrected chi connectivity index (χ0v) is 11.2. The molecule has 0 spiro atoms. The predicted molar refractivity (Wildman–Crippen MR) is 72.3 cm³/mol. The Hall–Kier alpha value is -1.64. The molecule has 1 amide bonds. The minimum Gasteiger partial charge on any atom is -0.335 e. The quantitative estimate of drug-likeness (QED) is 0.816. The molecular weight excluding hydrogens is 238 g/mol. The van der Waals surface area contributed by atoms with Gasteiger partial charge in [0.1, 0.15) is 5.78 Å². The maximum atomic E-state index is 12.5. The van der Waals surface area contributed by atoms with Gasteiger partial charge in [-0.05, 0) is 18.4 Å². The summed E-state index contributed by atoms with van der Waals surface area (Å²) in [6.07, 6.45) is 2.33. The first kappa shape index (κ1) is 12.4. The van der Waals surface area contributed by atoms with E-state index in [4.69, 9.17) is 0 Å². The van der Waals surface area contributed by atoms with E-state index in [9.17, 15) is 9.59 Å². The topological polar surface area (TPSA) is 37.4 Å². The van der Waals surface area contributed by atoms with Crippen molar-refractivity contribution >= 4 is 11.7 Å². The zero-order valence-electron chi connectivity index (χ0n) is 11.2. The lowest BCUT2D eigenvalue weighted by Crippen LogP contribution is -2.54. The van der Waals surface area contributed by atoms with Crippen LogP contribution in [0.25, 0.3) is 0 Å². The molecule has 0 N–H and O–H groups in total. The fourth-order valence-electron chi connectivity index (χ4n) is 3.40. The largest absolute Gasteiger partial charge is 0.335 e. The van der Waals surface area contributed by atoms with E-state index in [2.05, 4.69) is 12.1 Å². The average Bonchev–Trinajstić information content (AvgIpc) is 2.44. The average molecular weight is 257 g/mol. The van der Waals surface area contributed by atoms with Crippen molar-refractivity contribution in [2.24, 2.45) is 11.8 Å². The summed E-state index contributed by atoms with van der Waals surface area (Å²) in [6.45, 7) is 2.58. The summed E-state index contributed by atoms with van der Waals surface area (Å²) in [5.41, 5.74) is 1.17. The van der Waals surface area contributed by atoms with Crippen molar-refractivity contribution in [3.63, 3.8) is 0 Å². The van der Waals surface area contributed by atoms with Crippen molar-refractivity contribution < 1.29 is 9.59 Å². The number of nitrogens with zero attached hydrogens (tertiary/aromatic N) is 1. The van der Waals surface area contributed by atoms with Crippen LogP contribution in [0.1, 0.15) is 31.7 Å². The van der Waals surface area contributed by atoms with E-state index in [0.717, 1.165) is 12.8 Å². The number of ketones is 1. The number of likely N-dealkylation sites (tertiary alicyclic amines) is 1. The number of carbonyl (C=O) groups excluding carboxylic acids is 2. The Morgan fingerprint density at radius 1 is 1.21 bits per heavy atom. The fourth-order valence-corrected chi connectivity index (χ4v) is 3.40. The molecule has 2 fully saturated rings. The van der Waals surface area contributed by atoms with Gasteiger partial charge in [-0.15, -0.1) is 0 Å². The molecule has 3 atom stereocenters. The Labute approximate surface area is 113 Å². The highest BCUT2D eigenvalue weighted by Gasteiger charge is 2.45. The van der Waals surface area contributed by atoms with Gasteiger partial charge < -0.3 is 4.90 Å². The van der Waals surface area contributed by atoms with Gasteiger partial charge >= 0.3 is 0 Å². The van der Waals surface area contributed by atoms with Crippen LogP contribution in [-0.4, -0.2) is 22.6 Å². The van der Waals surface area contributed by atoms with Gasteiger partial charge in [0, 0.05) is 30.8 Å². The van der Waals surface area contributed by atoms with Gasteiger partial charge in [0.05, 0.1) is 0 Å². The van der Waals surface area contributed by atoms with Crippen molar-refractivity contribution in [3.8, 4) is 0 Å². The smallest absolute Gasteiger partial charge is 0.226 e. The van der Waals surface area contributed by atoms with Crippen LogP contribution in [-0.2, 0) is 16.1 Å². The summed E-state index contributed by atoms with van der Waals surface area (Å²) in [4.78, 5) is 26.3. The normalized spacial score (nSPS) is 30.6. The third-order valence-corrected chi connectivity index (χ3v) is 4.58. The van der Waals surface area contributed by atoms with Crippen LogP contribution in [0.4, 0.5) is 0 Å². The second-order valence-electron chi connectivity index (χ2n) is 5.74. The molecule has 2 unspecified atom stereocenters.